The monoisotopic (exact) mass is 471 g/mol. The predicted molar refractivity (Wildman–Crippen MR) is 133 cm³/mol. The number of rotatable bonds is 8. The number of carboxylic acids is 1. The lowest BCUT2D eigenvalue weighted by Crippen LogP contribution is -2.28. The molecule has 0 aliphatic carbocycles. The fourth-order valence-electron chi connectivity index (χ4n) is 4.07. The minimum Gasteiger partial charge on any atom is -0.505 e. The second kappa shape index (κ2) is 10.2. The van der Waals surface area contributed by atoms with E-state index in [1.54, 1.807) is 10.6 Å². The van der Waals surface area contributed by atoms with Crippen molar-refractivity contribution in [2.24, 2.45) is 0 Å². The summed E-state index contributed by atoms with van der Waals surface area (Å²) in [5, 5.41) is 22.7. The number of amides is 1. The van der Waals surface area contributed by atoms with Crippen molar-refractivity contribution in [2.75, 3.05) is 6.54 Å². The highest BCUT2D eigenvalue weighted by atomic mass is 16.4. The van der Waals surface area contributed by atoms with E-state index in [0.717, 1.165) is 5.56 Å². The molecule has 0 radical (unpaired) electrons. The van der Waals surface area contributed by atoms with Gasteiger partial charge in [0.15, 0.2) is 11.4 Å². The van der Waals surface area contributed by atoms with E-state index in [9.17, 15) is 19.5 Å². The van der Waals surface area contributed by atoms with Crippen LogP contribution in [0, 0.1) is 0 Å². The Kier molecular flexibility index (Phi) is 6.91. The molecule has 0 aliphatic heterocycles. The van der Waals surface area contributed by atoms with Crippen LogP contribution >= 0.6 is 0 Å². The Morgan fingerprint density at radius 3 is 2.37 bits per heavy atom. The molecule has 35 heavy (non-hydrogen) atoms. The van der Waals surface area contributed by atoms with Gasteiger partial charge < -0.3 is 15.5 Å². The molecule has 2 aromatic carbocycles. The first-order valence-electron chi connectivity index (χ1n) is 11.3. The quantitative estimate of drug-likeness (QED) is 0.334. The van der Waals surface area contributed by atoms with Gasteiger partial charge >= 0.3 is 5.97 Å². The fraction of sp³-hybridized carbons (Fsp3) is 0.185. The van der Waals surface area contributed by atoms with Crippen molar-refractivity contribution in [3.8, 4) is 16.9 Å². The summed E-state index contributed by atoms with van der Waals surface area (Å²) >= 11 is 0. The third-order valence-corrected chi connectivity index (χ3v) is 5.89. The SMILES string of the molecule is C[C@@H](c1ccccc1)n1c(=O)c(-c2ccccc2)cc2c(O)c(C(=O)NCCCC(=O)O)ncc21. The fourth-order valence-corrected chi connectivity index (χ4v) is 4.07. The molecule has 0 saturated carbocycles. The van der Waals surface area contributed by atoms with E-state index in [4.69, 9.17) is 5.11 Å². The van der Waals surface area contributed by atoms with Crippen molar-refractivity contribution in [2.45, 2.75) is 25.8 Å². The van der Waals surface area contributed by atoms with Crippen LogP contribution < -0.4 is 10.9 Å². The second-order valence-electron chi connectivity index (χ2n) is 8.19. The maximum absolute atomic E-state index is 13.7. The summed E-state index contributed by atoms with van der Waals surface area (Å²) in [5.74, 6) is -1.92. The van der Waals surface area contributed by atoms with Crippen molar-refractivity contribution in [1.82, 2.24) is 14.9 Å². The number of aromatic hydroxyl groups is 1. The van der Waals surface area contributed by atoms with Crippen LogP contribution in [-0.2, 0) is 4.79 Å². The van der Waals surface area contributed by atoms with Gasteiger partial charge in [-0.3, -0.25) is 19.0 Å². The molecule has 0 saturated heterocycles. The van der Waals surface area contributed by atoms with Crippen molar-refractivity contribution in [3.63, 3.8) is 0 Å². The minimum absolute atomic E-state index is 0.0818. The van der Waals surface area contributed by atoms with E-state index in [-0.39, 0.29) is 42.4 Å². The van der Waals surface area contributed by atoms with Gasteiger partial charge in [-0.2, -0.15) is 0 Å². The van der Waals surface area contributed by atoms with E-state index >= 15 is 0 Å². The summed E-state index contributed by atoms with van der Waals surface area (Å²) in [6.45, 7) is 2.02. The number of aromatic nitrogens is 2. The minimum atomic E-state index is -0.954. The average Bonchev–Trinajstić information content (AvgIpc) is 2.87. The van der Waals surface area contributed by atoms with E-state index in [0.29, 0.717) is 22.0 Å². The number of hydrogen-bond donors (Lipinski definition) is 3. The Hall–Kier alpha value is -4.46. The smallest absolute Gasteiger partial charge is 0.303 e. The number of carboxylic acid groups (broad SMARTS) is 1. The highest BCUT2D eigenvalue weighted by Crippen LogP contribution is 2.32. The molecule has 0 aliphatic rings. The number of pyridine rings is 2. The first-order chi connectivity index (χ1) is 16.9. The summed E-state index contributed by atoms with van der Waals surface area (Å²) in [6, 6.07) is 19.9. The third kappa shape index (κ3) is 4.91. The van der Waals surface area contributed by atoms with E-state index < -0.39 is 11.9 Å². The number of fused-ring (bicyclic) bond motifs is 1. The summed E-state index contributed by atoms with van der Waals surface area (Å²) in [6.07, 6.45) is 1.58. The largest absolute Gasteiger partial charge is 0.505 e. The van der Waals surface area contributed by atoms with Crippen molar-refractivity contribution in [1.29, 1.82) is 0 Å². The van der Waals surface area contributed by atoms with Gasteiger partial charge in [-0.25, -0.2) is 4.98 Å². The van der Waals surface area contributed by atoms with Crippen LogP contribution in [0.3, 0.4) is 0 Å². The normalized spacial score (nSPS) is 11.8. The molecule has 0 bridgehead atoms. The molecule has 0 fully saturated rings. The Bertz CT molecular complexity index is 1430. The van der Waals surface area contributed by atoms with Crippen LogP contribution in [0.1, 0.15) is 41.9 Å². The molecule has 2 heterocycles. The molecule has 0 unspecified atom stereocenters. The second-order valence-corrected chi connectivity index (χ2v) is 8.19. The average molecular weight is 472 g/mol. The highest BCUT2D eigenvalue weighted by Gasteiger charge is 2.22. The summed E-state index contributed by atoms with van der Waals surface area (Å²) < 4.78 is 1.58. The van der Waals surface area contributed by atoms with Crippen LogP contribution in [0.5, 0.6) is 5.75 Å². The molecule has 3 N–H and O–H groups in total. The van der Waals surface area contributed by atoms with Crippen molar-refractivity contribution in [3.05, 3.63) is 94.5 Å². The van der Waals surface area contributed by atoms with Gasteiger partial charge in [0.05, 0.1) is 17.8 Å². The zero-order valence-corrected chi connectivity index (χ0v) is 19.1. The number of nitrogens with one attached hydrogen (secondary N) is 1. The maximum Gasteiger partial charge on any atom is 0.303 e. The molecular formula is C27H25N3O5. The van der Waals surface area contributed by atoms with Crippen LogP contribution in [0.2, 0.25) is 0 Å². The van der Waals surface area contributed by atoms with Crippen LogP contribution in [0.25, 0.3) is 22.0 Å². The standard InChI is InChI=1S/C27H25N3O5/c1-17(18-9-4-2-5-10-18)30-22-16-29-24(26(34)28-14-8-13-23(31)32)25(33)21(22)15-20(27(30)35)19-11-6-3-7-12-19/h2-7,9-12,15-17,33H,8,13-14H2,1H3,(H,28,34)(H,31,32)/t17-/m0/s1. The lowest BCUT2D eigenvalue weighted by atomic mass is 10.0. The number of benzene rings is 2. The van der Waals surface area contributed by atoms with Gasteiger partial charge in [-0.1, -0.05) is 60.7 Å². The first-order valence-corrected chi connectivity index (χ1v) is 11.3. The molecular weight excluding hydrogens is 446 g/mol. The topological polar surface area (TPSA) is 122 Å². The molecule has 2 aromatic heterocycles. The number of carbonyl (C=O) groups excluding carboxylic acids is 1. The molecule has 1 atom stereocenters. The molecule has 0 spiro atoms. The lowest BCUT2D eigenvalue weighted by molar-refractivity contribution is -0.137. The van der Waals surface area contributed by atoms with Crippen molar-refractivity contribution < 1.29 is 19.8 Å². The Morgan fingerprint density at radius 2 is 1.71 bits per heavy atom. The Labute approximate surface area is 201 Å². The molecule has 4 aromatic rings. The van der Waals surface area contributed by atoms with Crippen LogP contribution in [0.15, 0.2) is 77.7 Å². The lowest BCUT2D eigenvalue weighted by Gasteiger charge is -2.21. The molecule has 8 nitrogen and oxygen atoms in total. The van der Waals surface area contributed by atoms with Gasteiger partial charge in [0.25, 0.3) is 11.5 Å². The van der Waals surface area contributed by atoms with Gasteiger partial charge in [-0.05, 0) is 30.5 Å². The predicted octanol–water partition coefficient (Wildman–Crippen LogP) is 3.97. The van der Waals surface area contributed by atoms with Crippen LogP contribution in [-0.4, -0.2) is 38.2 Å². The summed E-state index contributed by atoms with van der Waals surface area (Å²) in [7, 11) is 0. The number of carbonyl (C=O) groups is 2. The third-order valence-electron chi connectivity index (χ3n) is 5.89. The number of aliphatic carboxylic acids is 1. The molecule has 1 amide bonds. The van der Waals surface area contributed by atoms with E-state index in [1.165, 1.54) is 6.20 Å². The molecule has 178 valence electrons. The van der Waals surface area contributed by atoms with Crippen LogP contribution in [0.4, 0.5) is 0 Å². The zero-order chi connectivity index (χ0) is 24.9. The van der Waals surface area contributed by atoms with E-state index in [1.807, 2.05) is 67.6 Å². The Balaban J connectivity index is 1.86. The van der Waals surface area contributed by atoms with Gasteiger partial charge in [0.1, 0.15) is 0 Å². The van der Waals surface area contributed by atoms with E-state index in [2.05, 4.69) is 10.3 Å². The van der Waals surface area contributed by atoms with Gasteiger partial charge in [0.2, 0.25) is 0 Å². The number of hydrogen-bond acceptors (Lipinski definition) is 5. The molecule has 8 heteroatoms. The molecule has 4 rings (SSSR count). The van der Waals surface area contributed by atoms with Gasteiger partial charge in [-0.15, -0.1) is 0 Å². The number of nitrogens with zero attached hydrogens (tertiary/aromatic N) is 2. The zero-order valence-electron chi connectivity index (χ0n) is 19.1. The van der Waals surface area contributed by atoms with Gasteiger partial charge in [0, 0.05) is 23.9 Å². The maximum atomic E-state index is 13.7. The Morgan fingerprint density at radius 1 is 1.06 bits per heavy atom. The summed E-state index contributed by atoms with van der Waals surface area (Å²) in [5.41, 5.74) is 1.93. The highest BCUT2D eigenvalue weighted by molar-refractivity contribution is 6.01. The van der Waals surface area contributed by atoms with Crippen molar-refractivity contribution >= 4 is 22.8 Å². The summed E-state index contributed by atoms with van der Waals surface area (Å²) in [4.78, 5) is 41.2. The first kappa shape index (κ1) is 23.7.